The molecule has 92 valence electrons. The van der Waals surface area contributed by atoms with Gasteiger partial charge in [-0.2, -0.15) is 0 Å². The third kappa shape index (κ3) is 3.26. The van der Waals surface area contributed by atoms with E-state index in [2.05, 4.69) is 55.7 Å². The molecule has 0 amide bonds. The third-order valence-electron chi connectivity index (χ3n) is 2.73. The fourth-order valence-electron chi connectivity index (χ4n) is 1.99. The summed E-state index contributed by atoms with van der Waals surface area (Å²) in [5.41, 5.74) is 1.18. The molecule has 0 radical (unpaired) electrons. The second-order valence-corrected chi connectivity index (χ2v) is 5.47. The molecule has 0 saturated heterocycles. The van der Waals surface area contributed by atoms with Crippen LogP contribution in [0, 0.1) is 6.92 Å². The molecule has 0 aromatic carbocycles. The highest BCUT2D eigenvalue weighted by Crippen LogP contribution is 2.21. The number of aryl methyl sites for hydroxylation is 1. The maximum atomic E-state index is 4.55. The second kappa shape index (κ2) is 4.89. The summed E-state index contributed by atoms with van der Waals surface area (Å²) in [5.74, 6) is 0.992. The first-order chi connectivity index (χ1) is 7.35. The SMILES string of the molecule is CCCC(C)(C)Nc1nc(C)cn1C(C)C. The number of nitrogens with one attached hydrogen (secondary N) is 1. The van der Waals surface area contributed by atoms with Crippen LogP contribution >= 0.6 is 0 Å². The lowest BCUT2D eigenvalue weighted by Crippen LogP contribution is -2.32. The van der Waals surface area contributed by atoms with Crippen molar-refractivity contribution in [2.75, 3.05) is 5.32 Å². The lowest BCUT2D eigenvalue weighted by atomic mass is 9.99. The third-order valence-corrected chi connectivity index (χ3v) is 2.73. The zero-order chi connectivity index (χ0) is 12.3. The first-order valence-corrected chi connectivity index (χ1v) is 6.19. The van der Waals surface area contributed by atoms with Crippen molar-refractivity contribution in [3.63, 3.8) is 0 Å². The minimum Gasteiger partial charge on any atom is -0.351 e. The minimum absolute atomic E-state index is 0.110. The van der Waals surface area contributed by atoms with E-state index in [1.165, 1.54) is 6.42 Å². The molecule has 1 N–H and O–H groups in total. The second-order valence-electron chi connectivity index (χ2n) is 5.47. The number of aromatic nitrogens is 2. The molecule has 1 aromatic rings. The van der Waals surface area contributed by atoms with Crippen molar-refractivity contribution >= 4 is 5.95 Å². The van der Waals surface area contributed by atoms with Crippen LogP contribution in [-0.2, 0) is 0 Å². The highest BCUT2D eigenvalue weighted by Gasteiger charge is 2.19. The number of anilines is 1. The van der Waals surface area contributed by atoms with Gasteiger partial charge in [0.1, 0.15) is 0 Å². The average molecular weight is 223 g/mol. The van der Waals surface area contributed by atoms with Crippen LogP contribution < -0.4 is 5.32 Å². The molecular formula is C13H25N3. The lowest BCUT2D eigenvalue weighted by Gasteiger charge is -2.27. The first-order valence-electron chi connectivity index (χ1n) is 6.19. The number of imidazole rings is 1. The van der Waals surface area contributed by atoms with E-state index in [1.807, 2.05) is 6.92 Å². The molecule has 0 unspecified atom stereocenters. The zero-order valence-electron chi connectivity index (χ0n) is 11.5. The average Bonchev–Trinajstić information content (AvgIpc) is 2.45. The van der Waals surface area contributed by atoms with Crippen LogP contribution in [0.1, 0.15) is 59.2 Å². The molecule has 3 heteroatoms. The van der Waals surface area contributed by atoms with Gasteiger partial charge in [0.05, 0.1) is 5.69 Å². The largest absolute Gasteiger partial charge is 0.351 e. The van der Waals surface area contributed by atoms with Crippen LogP contribution in [0.4, 0.5) is 5.95 Å². The summed E-state index contributed by atoms with van der Waals surface area (Å²) in [7, 11) is 0. The number of rotatable bonds is 5. The van der Waals surface area contributed by atoms with Crippen molar-refractivity contribution in [3.8, 4) is 0 Å². The summed E-state index contributed by atoms with van der Waals surface area (Å²) in [6.07, 6.45) is 4.44. The normalized spacial score (nSPS) is 12.2. The zero-order valence-corrected chi connectivity index (χ0v) is 11.5. The molecule has 3 nitrogen and oxygen atoms in total. The van der Waals surface area contributed by atoms with E-state index in [0.717, 1.165) is 18.1 Å². The molecule has 0 aliphatic carbocycles. The maximum Gasteiger partial charge on any atom is 0.203 e. The summed E-state index contributed by atoms with van der Waals surface area (Å²) in [6.45, 7) is 13.1. The van der Waals surface area contributed by atoms with E-state index >= 15 is 0 Å². The van der Waals surface area contributed by atoms with Gasteiger partial charge in [-0.1, -0.05) is 13.3 Å². The number of hydrogen-bond acceptors (Lipinski definition) is 2. The van der Waals surface area contributed by atoms with Crippen molar-refractivity contribution in [2.24, 2.45) is 0 Å². The molecule has 1 aromatic heterocycles. The Labute approximate surface area is 99.3 Å². The van der Waals surface area contributed by atoms with E-state index in [4.69, 9.17) is 0 Å². The summed E-state index contributed by atoms with van der Waals surface area (Å²) in [6, 6.07) is 0.445. The van der Waals surface area contributed by atoms with Crippen LogP contribution in [0.5, 0.6) is 0 Å². The van der Waals surface area contributed by atoms with Crippen molar-refractivity contribution in [1.29, 1.82) is 0 Å². The van der Waals surface area contributed by atoms with Gasteiger partial charge in [0, 0.05) is 17.8 Å². The van der Waals surface area contributed by atoms with Gasteiger partial charge in [-0.25, -0.2) is 4.98 Å². The molecule has 16 heavy (non-hydrogen) atoms. The van der Waals surface area contributed by atoms with Gasteiger partial charge in [0.2, 0.25) is 5.95 Å². The predicted octanol–water partition coefficient (Wildman–Crippen LogP) is 3.76. The quantitative estimate of drug-likeness (QED) is 0.823. The topological polar surface area (TPSA) is 29.9 Å². The lowest BCUT2D eigenvalue weighted by molar-refractivity contribution is 0.496. The molecule has 0 aliphatic heterocycles. The van der Waals surface area contributed by atoms with Crippen LogP contribution in [0.3, 0.4) is 0 Å². The van der Waals surface area contributed by atoms with Gasteiger partial charge in [0.15, 0.2) is 0 Å². The molecule has 0 atom stereocenters. The standard InChI is InChI=1S/C13H25N3/c1-7-8-13(5,6)15-12-14-11(4)9-16(12)10(2)3/h9-10H,7-8H2,1-6H3,(H,14,15). The van der Waals surface area contributed by atoms with Crippen molar-refractivity contribution in [1.82, 2.24) is 9.55 Å². The van der Waals surface area contributed by atoms with Crippen LogP contribution in [0.25, 0.3) is 0 Å². The van der Waals surface area contributed by atoms with Crippen LogP contribution in [0.15, 0.2) is 6.20 Å². The summed E-state index contributed by atoms with van der Waals surface area (Å²) >= 11 is 0. The van der Waals surface area contributed by atoms with Crippen molar-refractivity contribution in [3.05, 3.63) is 11.9 Å². The molecule has 0 bridgehead atoms. The monoisotopic (exact) mass is 223 g/mol. The van der Waals surface area contributed by atoms with E-state index in [9.17, 15) is 0 Å². The van der Waals surface area contributed by atoms with Gasteiger partial charge in [-0.05, 0) is 41.0 Å². The Bertz CT molecular complexity index is 337. The van der Waals surface area contributed by atoms with Gasteiger partial charge in [0.25, 0.3) is 0 Å². The van der Waals surface area contributed by atoms with Gasteiger partial charge < -0.3 is 9.88 Å². The first kappa shape index (κ1) is 13.1. The van der Waals surface area contributed by atoms with Crippen LogP contribution in [-0.4, -0.2) is 15.1 Å². The van der Waals surface area contributed by atoms with E-state index in [0.29, 0.717) is 6.04 Å². The highest BCUT2D eigenvalue weighted by atomic mass is 15.2. The predicted molar refractivity (Wildman–Crippen MR) is 70.0 cm³/mol. The highest BCUT2D eigenvalue weighted by molar-refractivity contribution is 5.32. The Morgan fingerprint density at radius 1 is 1.44 bits per heavy atom. The molecular weight excluding hydrogens is 198 g/mol. The Balaban J connectivity index is 2.87. The van der Waals surface area contributed by atoms with Crippen LogP contribution in [0.2, 0.25) is 0 Å². The van der Waals surface area contributed by atoms with Gasteiger partial charge in [-0.15, -0.1) is 0 Å². The smallest absolute Gasteiger partial charge is 0.203 e. The minimum atomic E-state index is 0.110. The summed E-state index contributed by atoms with van der Waals surface area (Å²) in [5, 5.41) is 3.54. The molecule has 0 aliphatic rings. The van der Waals surface area contributed by atoms with Gasteiger partial charge >= 0.3 is 0 Å². The van der Waals surface area contributed by atoms with E-state index in [-0.39, 0.29) is 5.54 Å². The molecule has 0 spiro atoms. The van der Waals surface area contributed by atoms with E-state index in [1.54, 1.807) is 0 Å². The van der Waals surface area contributed by atoms with E-state index < -0.39 is 0 Å². The Hall–Kier alpha value is -0.990. The molecule has 1 rings (SSSR count). The Kier molecular flexibility index (Phi) is 4.00. The maximum absolute atomic E-state index is 4.55. The van der Waals surface area contributed by atoms with Crippen molar-refractivity contribution < 1.29 is 0 Å². The van der Waals surface area contributed by atoms with Gasteiger partial charge in [-0.3, -0.25) is 0 Å². The Morgan fingerprint density at radius 2 is 2.06 bits per heavy atom. The molecule has 0 fully saturated rings. The fraction of sp³-hybridized carbons (Fsp3) is 0.769. The Morgan fingerprint density at radius 3 is 2.56 bits per heavy atom. The summed E-state index contributed by atoms with van der Waals surface area (Å²) < 4.78 is 2.20. The molecule has 1 heterocycles. The van der Waals surface area contributed by atoms with Crippen molar-refractivity contribution in [2.45, 2.75) is 66.0 Å². The molecule has 0 saturated carbocycles. The number of hydrogen-bond donors (Lipinski definition) is 1. The fourth-order valence-corrected chi connectivity index (χ4v) is 1.99. The number of nitrogens with zero attached hydrogens (tertiary/aromatic N) is 2. The summed E-state index contributed by atoms with van der Waals surface area (Å²) in [4.78, 5) is 4.55.